The summed E-state index contributed by atoms with van der Waals surface area (Å²) < 4.78 is 4.02. The summed E-state index contributed by atoms with van der Waals surface area (Å²) in [6, 6.07) is 15.7. The number of nitrogens with zero attached hydrogens (tertiary/aromatic N) is 5. The van der Waals surface area contributed by atoms with Gasteiger partial charge in [0, 0.05) is 36.4 Å². The van der Waals surface area contributed by atoms with Crippen LogP contribution in [-0.2, 0) is 0 Å². The van der Waals surface area contributed by atoms with E-state index in [1.165, 1.54) is 0 Å². The highest BCUT2D eigenvalue weighted by molar-refractivity contribution is 5.95. The monoisotopic (exact) mass is 371 g/mol. The quantitative estimate of drug-likeness (QED) is 0.550. The standard InChI is InChI=1S/C22H21N5O/c1-16-9-10-17(15-19(16)25-11-4-5-12-25)22(28)26-14-6-7-18(26)21-24-23-20-8-2-3-13-27(20)21/h2-5,8-13,15,18H,6-7,14H2,1H3. The van der Waals surface area contributed by atoms with Crippen LogP contribution in [-0.4, -0.2) is 36.5 Å². The Bertz CT molecular complexity index is 1140. The Balaban J connectivity index is 1.50. The first-order valence-electron chi connectivity index (χ1n) is 9.57. The summed E-state index contributed by atoms with van der Waals surface area (Å²) in [7, 11) is 0. The van der Waals surface area contributed by atoms with Crippen molar-refractivity contribution < 1.29 is 4.79 Å². The van der Waals surface area contributed by atoms with Crippen LogP contribution in [0.1, 0.15) is 40.6 Å². The number of carbonyl (C=O) groups excluding carboxylic acids is 1. The molecule has 5 rings (SSSR count). The molecule has 1 aliphatic rings. The van der Waals surface area contributed by atoms with Crippen molar-refractivity contribution in [2.24, 2.45) is 0 Å². The van der Waals surface area contributed by atoms with Crippen LogP contribution in [0.3, 0.4) is 0 Å². The number of rotatable bonds is 3. The average molecular weight is 371 g/mol. The van der Waals surface area contributed by atoms with E-state index in [-0.39, 0.29) is 11.9 Å². The van der Waals surface area contributed by atoms with Gasteiger partial charge in [0.15, 0.2) is 11.5 Å². The average Bonchev–Trinajstić information content (AvgIpc) is 3.47. The molecular formula is C22H21N5O. The summed E-state index contributed by atoms with van der Waals surface area (Å²) in [6.45, 7) is 2.79. The minimum Gasteiger partial charge on any atom is -0.328 e. The molecule has 1 saturated heterocycles. The molecule has 0 spiro atoms. The van der Waals surface area contributed by atoms with E-state index in [2.05, 4.69) is 17.1 Å². The summed E-state index contributed by atoms with van der Waals surface area (Å²) in [5.74, 6) is 0.878. The number of likely N-dealkylation sites (tertiary alicyclic amines) is 1. The van der Waals surface area contributed by atoms with Crippen molar-refractivity contribution in [2.75, 3.05) is 6.54 Å². The van der Waals surface area contributed by atoms with Gasteiger partial charge in [0.2, 0.25) is 0 Å². The second-order valence-electron chi connectivity index (χ2n) is 7.24. The summed E-state index contributed by atoms with van der Waals surface area (Å²) in [5, 5.41) is 8.65. The largest absolute Gasteiger partial charge is 0.328 e. The SMILES string of the molecule is Cc1ccc(C(=O)N2CCCC2c2nnc3ccccn23)cc1-n1cccc1. The third kappa shape index (κ3) is 2.69. The molecule has 6 heteroatoms. The smallest absolute Gasteiger partial charge is 0.254 e. The van der Waals surface area contributed by atoms with Crippen molar-refractivity contribution in [3.05, 3.63) is 84.1 Å². The van der Waals surface area contributed by atoms with Crippen molar-refractivity contribution in [3.8, 4) is 5.69 Å². The van der Waals surface area contributed by atoms with E-state index in [9.17, 15) is 4.79 Å². The number of aryl methyl sites for hydroxylation is 1. The number of hydrogen-bond acceptors (Lipinski definition) is 3. The van der Waals surface area contributed by atoms with Gasteiger partial charge in [-0.15, -0.1) is 10.2 Å². The first-order chi connectivity index (χ1) is 13.7. The van der Waals surface area contributed by atoms with E-state index in [0.29, 0.717) is 5.56 Å². The van der Waals surface area contributed by atoms with E-state index in [4.69, 9.17) is 0 Å². The van der Waals surface area contributed by atoms with Gasteiger partial charge in [-0.2, -0.15) is 0 Å². The van der Waals surface area contributed by atoms with Gasteiger partial charge >= 0.3 is 0 Å². The molecule has 4 aromatic rings. The van der Waals surface area contributed by atoms with Crippen molar-refractivity contribution in [1.29, 1.82) is 0 Å². The van der Waals surface area contributed by atoms with Gasteiger partial charge in [0.25, 0.3) is 5.91 Å². The predicted octanol–water partition coefficient (Wildman–Crippen LogP) is 3.81. The van der Waals surface area contributed by atoms with Gasteiger partial charge < -0.3 is 9.47 Å². The lowest BCUT2D eigenvalue weighted by atomic mass is 10.1. The predicted molar refractivity (Wildman–Crippen MR) is 107 cm³/mol. The van der Waals surface area contributed by atoms with Crippen LogP contribution in [0.4, 0.5) is 0 Å². The highest BCUT2D eigenvalue weighted by Gasteiger charge is 2.33. The molecule has 1 fully saturated rings. The second kappa shape index (κ2) is 6.64. The lowest BCUT2D eigenvalue weighted by Gasteiger charge is -2.24. The number of carbonyl (C=O) groups is 1. The molecule has 3 aromatic heterocycles. The number of pyridine rings is 1. The highest BCUT2D eigenvalue weighted by Crippen LogP contribution is 2.32. The second-order valence-corrected chi connectivity index (χ2v) is 7.24. The molecule has 6 nitrogen and oxygen atoms in total. The molecule has 0 radical (unpaired) electrons. The zero-order valence-corrected chi connectivity index (χ0v) is 15.7. The van der Waals surface area contributed by atoms with Gasteiger partial charge in [0.05, 0.1) is 6.04 Å². The third-order valence-electron chi connectivity index (χ3n) is 5.49. The van der Waals surface area contributed by atoms with Gasteiger partial charge in [-0.1, -0.05) is 12.1 Å². The number of amides is 1. The van der Waals surface area contributed by atoms with Crippen molar-refractivity contribution in [3.63, 3.8) is 0 Å². The fourth-order valence-corrected chi connectivity index (χ4v) is 4.05. The Labute approximate surface area is 163 Å². The first kappa shape index (κ1) is 16.7. The third-order valence-corrected chi connectivity index (χ3v) is 5.49. The number of fused-ring (bicyclic) bond motifs is 1. The fraction of sp³-hybridized carbons (Fsp3) is 0.227. The highest BCUT2D eigenvalue weighted by atomic mass is 16.2. The van der Waals surface area contributed by atoms with E-state index in [1.54, 1.807) is 0 Å². The molecule has 1 atom stereocenters. The van der Waals surface area contributed by atoms with Crippen LogP contribution >= 0.6 is 0 Å². The topological polar surface area (TPSA) is 55.4 Å². The molecule has 1 unspecified atom stereocenters. The van der Waals surface area contributed by atoms with Crippen LogP contribution in [0, 0.1) is 6.92 Å². The van der Waals surface area contributed by atoms with Crippen LogP contribution in [0.15, 0.2) is 67.1 Å². The van der Waals surface area contributed by atoms with E-state index in [0.717, 1.165) is 42.1 Å². The fourth-order valence-electron chi connectivity index (χ4n) is 4.05. The Morgan fingerprint density at radius 3 is 2.71 bits per heavy atom. The Morgan fingerprint density at radius 2 is 1.86 bits per heavy atom. The van der Waals surface area contributed by atoms with Crippen molar-refractivity contribution in [1.82, 2.24) is 24.1 Å². The van der Waals surface area contributed by atoms with Crippen LogP contribution in [0.5, 0.6) is 0 Å². The summed E-state index contributed by atoms with van der Waals surface area (Å²) in [6.07, 6.45) is 7.82. The Hall–Kier alpha value is -3.41. The summed E-state index contributed by atoms with van der Waals surface area (Å²) in [4.78, 5) is 15.3. The van der Waals surface area contributed by atoms with Crippen LogP contribution in [0.25, 0.3) is 11.3 Å². The maximum absolute atomic E-state index is 13.4. The van der Waals surface area contributed by atoms with Crippen molar-refractivity contribution >= 4 is 11.6 Å². The molecule has 1 aliphatic heterocycles. The minimum absolute atomic E-state index is 0.0450. The lowest BCUT2D eigenvalue weighted by molar-refractivity contribution is 0.0729. The molecule has 4 heterocycles. The number of benzene rings is 1. The zero-order valence-electron chi connectivity index (χ0n) is 15.7. The van der Waals surface area contributed by atoms with E-state index >= 15 is 0 Å². The van der Waals surface area contributed by atoms with E-state index < -0.39 is 0 Å². The first-order valence-corrected chi connectivity index (χ1v) is 9.57. The summed E-state index contributed by atoms with van der Waals surface area (Å²) >= 11 is 0. The lowest BCUT2D eigenvalue weighted by Crippen LogP contribution is -2.31. The van der Waals surface area contributed by atoms with Gasteiger partial charge in [-0.25, -0.2) is 0 Å². The number of aromatic nitrogens is 4. The van der Waals surface area contributed by atoms with Gasteiger partial charge in [0.1, 0.15) is 0 Å². The molecular weight excluding hydrogens is 350 g/mol. The van der Waals surface area contributed by atoms with Crippen molar-refractivity contribution in [2.45, 2.75) is 25.8 Å². The maximum Gasteiger partial charge on any atom is 0.254 e. The van der Waals surface area contributed by atoms with Gasteiger partial charge in [-0.05, 0) is 61.7 Å². The molecule has 28 heavy (non-hydrogen) atoms. The molecule has 1 amide bonds. The van der Waals surface area contributed by atoms with E-state index in [1.807, 2.05) is 81.0 Å². The molecule has 0 saturated carbocycles. The molecule has 0 aliphatic carbocycles. The van der Waals surface area contributed by atoms with Crippen LogP contribution < -0.4 is 0 Å². The summed E-state index contributed by atoms with van der Waals surface area (Å²) in [5.41, 5.74) is 3.67. The molecule has 0 bridgehead atoms. The Kier molecular flexibility index (Phi) is 3.97. The molecule has 140 valence electrons. The normalized spacial score (nSPS) is 16.8. The zero-order chi connectivity index (χ0) is 19.1. The minimum atomic E-state index is -0.0544. The Morgan fingerprint density at radius 1 is 1.04 bits per heavy atom. The maximum atomic E-state index is 13.4. The molecule has 0 N–H and O–H groups in total. The molecule has 1 aromatic carbocycles. The number of hydrogen-bond donors (Lipinski definition) is 0. The van der Waals surface area contributed by atoms with Crippen LogP contribution in [0.2, 0.25) is 0 Å². The van der Waals surface area contributed by atoms with Gasteiger partial charge in [-0.3, -0.25) is 9.20 Å².